The van der Waals surface area contributed by atoms with Crippen LogP contribution in [0.25, 0.3) is 11.1 Å². The summed E-state index contributed by atoms with van der Waals surface area (Å²) in [5, 5.41) is 13.0. The number of carboxylic acids is 1. The van der Waals surface area contributed by atoms with E-state index in [1.54, 1.807) is 18.2 Å². The maximum Gasteiger partial charge on any atom is 0.407 e. The molecule has 0 spiro atoms. The van der Waals surface area contributed by atoms with E-state index in [1.165, 1.54) is 0 Å². The van der Waals surface area contributed by atoms with Gasteiger partial charge in [-0.25, -0.2) is 9.59 Å². The van der Waals surface area contributed by atoms with E-state index in [4.69, 9.17) is 27.9 Å². The van der Waals surface area contributed by atoms with Crippen LogP contribution in [-0.4, -0.2) is 29.8 Å². The van der Waals surface area contributed by atoms with Gasteiger partial charge in [0.05, 0.1) is 0 Å². The largest absolute Gasteiger partial charge is 0.480 e. The van der Waals surface area contributed by atoms with Crippen molar-refractivity contribution in [1.82, 2.24) is 5.32 Å². The van der Waals surface area contributed by atoms with Crippen molar-refractivity contribution < 1.29 is 19.4 Å². The molecule has 1 aliphatic carbocycles. The monoisotopic (exact) mass is 469 g/mol. The van der Waals surface area contributed by atoms with Gasteiger partial charge in [0.1, 0.15) is 12.6 Å². The van der Waals surface area contributed by atoms with Crippen molar-refractivity contribution >= 4 is 35.3 Å². The predicted octanol–water partition coefficient (Wildman–Crippen LogP) is 5.92. The molecule has 32 heavy (non-hydrogen) atoms. The highest BCUT2D eigenvalue weighted by atomic mass is 35.5. The Labute approximate surface area is 195 Å². The number of ether oxygens (including phenoxy) is 1. The molecule has 164 valence electrons. The van der Waals surface area contributed by atoms with Gasteiger partial charge in [0.25, 0.3) is 0 Å². The lowest BCUT2D eigenvalue weighted by atomic mass is 9.98. The molecule has 3 aromatic carbocycles. The van der Waals surface area contributed by atoms with Crippen LogP contribution in [-0.2, 0) is 16.0 Å². The standard InChI is InChI=1S/C25H21Cl2NO4/c26-16-10-11-22(27)15(13-16)9-12-23(24(29)30)28-25(31)32-14-21-19-7-3-1-5-17(19)18-6-2-4-8-20(18)21/h1-8,10-11,13,21,23H,9,12,14H2,(H,28,31)(H,29,30)/t23-/m1/s1. The number of carbonyl (C=O) groups is 2. The highest BCUT2D eigenvalue weighted by Crippen LogP contribution is 2.44. The Hall–Kier alpha value is -3.02. The third-order valence-corrected chi connectivity index (χ3v) is 6.25. The molecule has 0 aliphatic heterocycles. The van der Waals surface area contributed by atoms with E-state index in [9.17, 15) is 14.7 Å². The van der Waals surface area contributed by atoms with Crippen LogP contribution in [0.4, 0.5) is 4.79 Å². The van der Waals surface area contributed by atoms with Gasteiger partial charge in [-0.15, -0.1) is 0 Å². The van der Waals surface area contributed by atoms with Crippen LogP contribution in [0.1, 0.15) is 29.0 Å². The van der Waals surface area contributed by atoms with Crippen LogP contribution in [0.15, 0.2) is 66.7 Å². The van der Waals surface area contributed by atoms with Gasteiger partial charge >= 0.3 is 12.1 Å². The van der Waals surface area contributed by atoms with E-state index in [1.807, 2.05) is 36.4 Å². The van der Waals surface area contributed by atoms with Crippen LogP contribution < -0.4 is 5.32 Å². The zero-order valence-electron chi connectivity index (χ0n) is 17.1. The zero-order valence-corrected chi connectivity index (χ0v) is 18.6. The summed E-state index contributed by atoms with van der Waals surface area (Å²) in [6, 6.07) is 19.9. The summed E-state index contributed by atoms with van der Waals surface area (Å²) in [5.74, 6) is -1.24. The zero-order chi connectivity index (χ0) is 22.7. The Balaban J connectivity index is 1.39. The van der Waals surface area contributed by atoms with Crippen LogP contribution in [0.5, 0.6) is 0 Å². The number of hydrogen-bond acceptors (Lipinski definition) is 3. The lowest BCUT2D eigenvalue weighted by Gasteiger charge is -2.17. The van der Waals surface area contributed by atoms with E-state index in [0.29, 0.717) is 16.5 Å². The number of hydrogen-bond donors (Lipinski definition) is 2. The molecule has 4 rings (SSSR count). The van der Waals surface area contributed by atoms with Gasteiger partial charge in [-0.1, -0.05) is 71.7 Å². The molecule has 2 N–H and O–H groups in total. The van der Waals surface area contributed by atoms with Crippen molar-refractivity contribution in [1.29, 1.82) is 0 Å². The topological polar surface area (TPSA) is 75.6 Å². The average Bonchev–Trinajstić information content (AvgIpc) is 3.11. The summed E-state index contributed by atoms with van der Waals surface area (Å²) in [4.78, 5) is 24.1. The summed E-state index contributed by atoms with van der Waals surface area (Å²) < 4.78 is 5.45. The van der Waals surface area contributed by atoms with Crippen LogP contribution in [0.2, 0.25) is 10.0 Å². The Bertz CT molecular complexity index is 1120. The van der Waals surface area contributed by atoms with Gasteiger partial charge in [-0.05, 0) is 58.9 Å². The number of benzene rings is 3. The lowest BCUT2D eigenvalue weighted by molar-refractivity contribution is -0.139. The highest BCUT2D eigenvalue weighted by molar-refractivity contribution is 6.33. The van der Waals surface area contributed by atoms with Crippen LogP contribution in [0, 0.1) is 0 Å². The molecule has 0 aromatic heterocycles. The summed E-state index contributed by atoms with van der Waals surface area (Å²) in [5.41, 5.74) is 5.15. The molecule has 7 heteroatoms. The molecule has 0 unspecified atom stereocenters. The third kappa shape index (κ3) is 4.74. The van der Waals surface area contributed by atoms with Gasteiger partial charge in [0, 0.05) is 16.0 Å². The van der Waals surface area contributed by atoms with Crippen molar-refractivity contribution in [2.75, 3.05) is 6.61 Å². The summed E-state index contributed by atoms with van der Waals surface area (Å²) >= 11 is 12.1. The number of aliphatic carboxylic acids is 1. The number of carboxylic acid groups (broad SMARTS) is 1. The second-order valence-corrected chi connectivity index (χ2v) is 8.48. The summed E-state index contributed by atoms with van der Waals surface area (Å²) in [6.07, 6.45) is -0.268. The number of halogens is 2. The fourth-order valence-electron chi connectivity index (χ4n) is 4.07. The first-order chi connectivity index (χ1) is 15.4. The normalized spacial score (nSPS) is 13.2. The third-order valence-electron chi connectivity index (χ3n) is 5.64. The SMILES string of the molecule is O=C(N[C@H](CCc1cc(Cl)ccc1Cl)C(=O)O)OCC1c2ccccc2-c2ccccc21. The number of alkyl carbamates (subject to hydrolysis) is 1. The molecule has 1 amide bonds. The minimum absolute atomic E-state index is 0.0957. The fourth-order valence-corrected chi connectivity index (χ4v) is 4.48. The summed E-state index contributed by atoms with van der Waals surface area (Å²) in [6.45, 7) is 0.117. The van der Waals surface area contributed by atoms with Crippen LogP contribution >= 0.6 is 23.2 Å². The van der Waals surface area contributed by atoms with Crippen LogP contribution in [0.3, 0.4) is 0 Å². The average molecular weight is 470 g/mol. The number of rotatable bonds is 7. The minimum Gasteiger partial charge on any atom is -0.480 e. The molecule has 0 fully saturated rings. The summed E-state index contributed by atoms with van der Waals surface area (Å²) in [7, 11) is 0. The molecular formula is C25H21Cl2NO4. The maximum absolute atomic E-state index is 12.4. The number of nitrogens with one attached hydrogen (secondary N) is 1. The van der Waals surface area contributed by atoms with Crippen molar-refractivity contribution in [2.45, 2.75) is 24.8 Å². The van der Waals surface area contributed by atoms with Gasteiger partial charge in [0.15, 0.2) is 0 Å². The van der Waals surface area contributed by atoms with Gasteiger partial charge in [0.2, 0.25) is 0 Å². The van der Waals surface area contributed by atoms with E-state index in [0.717, 1.165) is 27.8 Å². The Kier molecular flexibility index (Phi) is 6.68. The first-order valence-electron chi connectivity index (χ1n) is 10.2. The number of fused-ring (bicyclic) bond motifs is 3. The predicted molar refractivity (Wildman–Crippen MR) is 124 cm³/mol. The van der Waals surface area contributed by atoms with E-state index in [-0.39, 0.29) is 18.9 Å². The van der Waals surface area contributed by atoms with Gasteiger partial charge in [-0.2, -0.15) is 0 Å². The van der Waals surface area contributed by atoms with E-state index in [2.05, 4.69) is 17.4 Å². The molecule has 3 aromatic rings. The quantitative estimate of drug-likeness (QED) is 0.450. The minimum atomic E-state index is -1.14. The molecule has 5 nitrogen and oxygen atoms in total. The van der Waals surface area contributed by atoms with Gasteiger partial charge in [-0.3, -0.25) is 0 Å². The first kappa shape index (κ1) is 22.2. The second-order valence-electron chi connectivity index (χ2n) is 7.64. The van der Waals surface area contributed by atoms with E-state index >= 15 is 0 Å². The first-order valence-corrected chi connectivity index (χ1v) is 11.0. The Morgan fingerprint density at radius 3 is 2.22 bits per heavy atom. The molecule has 1 atom stereocenters. The molecule has 0 radical (unpaired) electrons. The van der Waals surface area contributed by atoms with Crippen molar-refractivity contribution in [3.63, 3.8) is 0 Å². The highest BCUT2D eigenvalue weighted by Gasteiger charge is 2.29. The number of carbonyl (C=O) groups excluding carboxylic acids is 1. The lowest BCUT2D eigenvalue weighted by Crippen LogP contribution is -2.41. The van der Waals surface area contributed by atoms with Crippen molar-refractivity contribution in [3.8, 4) is 11.1 Å². The second kappa shape index (κ2) is 9.63. The van der Waals surface area contributed by atoms with Crippen molar-refractivity contribution in [3.05, 3.63) is 93.5 Å². The molecule has 1 aliphatic rings. The number of aryl methyl sites for hydroxylation is 1. The maximum atomic E-state index is 12.4. The van der Waals surface area contributed by atoms with Gasteiger partial charge < -0.3 is 15.2 Å². The Morgan fingerprint density at radius 1 is 0.969 bits per heavy atom. The molecular weight excluding hydrogens is 449 g/mol. The van der Waals surface area contributed by atoms with E-state index < -0.39 is 18.1 Å². The fraction of sp³-hybridized carbons (Fsp3) is 0.200. The van der Waals surface area contributed by atoms with Crippen molar-refractivity contribution in [2.24, 2.45) is 0 Å². The smallest absolute Gasteiger partial charge is 0.407 e. The number of amides is 1. The molecule has 0 saturated carbocycles. The molecule has 0 heterocycles. The molecule has 0 saturated heterocycles. The molecule has 0 bridgehead atoms. The Morgan fingerprint density at radius 2 is 1.59 bits per heavy atom.